The predicted octanol–water partition coefficient (Wildman–Crippen LogP) is 1.94. The zero-order valence-corrected chi connectivity index (χ0v) is 12.3. The van der Waals surface area contributed by atoms with E-state index in [1.165, 1.54) is 4.90 Å². The van der Waals surface area contributed by atoms with E-state index < -0.39 is 0 Å². The van der Waals surface area contributed by atoms with E-state index >= 15 is 0 Å². The van der Waals surface area contributed by atoms with Gasteiger partial charge in [0.1, 0.15) is 0 Å². The van der Waals surface area contributed by atoms with Crippen molar-refractivity contribution in [2.45, 2.75) is 6.54 Å². The van der Waals surface area contributed by atoms with Crippen molar-refractivity contribution in [1.82, 2.24) is 25.0 Å². The van der Waals surface area contributed by atoms with Crippen molar-refractivity contribution in [3.05, 3.63) is 22.3 Å². The third-order valence-corrected chi connectivity index (χ3v) is 3.70. The molecule has 2 heterocycles. The second-order valence-electron chi connectivity index (χ2n) is 4.11. The molecule has 0 radical (unpaired) electrons. The molecule has 2 amide bonds. The molecule has 2 rings (SSSR count). The lowest BCUT2D eigenvalue weighted by molar-refractivity contribution is 0.217. The van der Waals surface area contributed by atoms with Gasteiger partial charge < -0.3 is 10.2 Å². The van der Waals surface area contributed by atoms with E-state index in [0.29, 0.717) is 17.9 Å². The Labute approximate surface area is 120 Å². The van der Waals surface area contributed by atoms with Gasteiger partial charge in [0.15, 0.2) is 10.6 Å². The normalized spacial score (nSPS) is 10.4. The summed E-state index contributed by atoms with van der Waals surface area (Å²) in [6.07, 6.45) is 0. The summed E-state index contributed by atoms with van der Waals surface area (Å²) in [5.74, 6) is 0.805. The van der Waals surface area contributed by atoms with Gasteiger partial charge in [-0.25, -0.2) is 4.79 Å². The van der Waals surface area contributed by atoms with Crippen LogP contribution in [0.3, 0.4) is 0 Å². The summed E-state index contributed by atoms with van der Waals surface area (Å²) in [5.41, 5.74) is 0. The Morgan fingerprint density at radius 1 is 1.63 bits per heavy atom. The molecule has 0 aliphatic heterocycles. The lowest BCUT2D eigenvalue weighted by Crippen LogP contribution is -2.36. The molecular formula is C11H15N5OS2. The van der Waals surface area contributed by atoms with Crippen molar-refractivity contribution in [2.24, 2.45) is 0 Å². The number of aromatic nitrogens is 3. The van der Waals surface area contributed by atoms with Crippen molar-refractivity contribution in [1.29, 1.82) is 0 Å². The van der Waals surface area contributed by atoms with Crippen LogP contribution < -0.4 is 5.32 Å². The standard InChI is InChI=1S/C11H15N5OS2/c1-15(2)10(17)12-5-6-16-9(13-14-11(16)18)8-4-3-7-19-8/h3-4,7H,5-6H2,1-2H3,(H,12,17)(H,14,18). The summed E-state index contributed by atoms with van der Waals surface area (Å²) in [4.78, 5) is 14.0. The topological polar surface area (TPSA) is 66.0 Å². The van der Waals surface area contributed by atoms with E-state index in [-0.39, 0.29) is 6.03 Å². The molecule has 2 aromatic heterocycles. The molecule has 0 bridgehead atoms. The van der Waals surface area contributed by atoms with Crippen LogP contribution in [-0.2, 0) is 6.54 Å². The third kappa shape index (κ3) is 3.21. The molecule has 19 heavy (non-hydrogen) atoms. The number of nitrogens with one attached hydrogen (secondary N) is 2. The van der Waals surface area contributed by atoms with Gasteiger partial charge >= 0.3 is 6.03 Å². The van der Waals surface area contributed by atoms with Gasteiger partial charge in [-0.15, -0.1) is 11.3 Å². The Morgan fingerprint density at radius 3 is 3.05 bits per heavy atom. The first kappa shape index (κ1) is 13.8. The fourth-order valence-corrected chi connectivity index (χ4v) is 2.50. The first-order valence-corrected chi connectivity index (χ1v) is 7.02. The quantitative estimate of drug-likeness (QED) is 0.848. The molecule has 0 fully saturated rings. The minimum Gasteiger partial charge on any atom is -0.336 e. The number of aromatic amines is 1. The number of urea groups is 1. The smallest absolute Gasteiger partial charge is 0.316 e. The summed E-state index contributed by atoms with van der Waals surface area (Å²) in [7, 11) is 3.41. The average Bonchev–Trinajstić information content (AvgIpc) is 2.99. The summed E-state index contributed by atoms with van der Waals surface area (Å²) < 4.78 is 2.44. The maximum Gasteiger partial charge on any atom is 0.316 e. The van der Waals surface area contributed by atoms with Crippen LogP contribution in [0.2, 0.25) is 0 Å². The van der Waals surface area contributed by atoms with Gasteiger partial charge in [0.25, 0.3) is 0 Å². The Hall–Kier alpha value is -1.67. The molecule has 6 nitrogen and oxygen atoms in total. The molecule has 2 aromatic rings. The maximum atomic E-state index is 11.4. The fraction of sp³-hybridized carbons (Fsp3) is 0.364. The summed E-state index contributed by atoms with van der Waals surface area (Å²) >= 11 is 6.81. The second-order valence-corrected chi connectivity index (χ2v) is 5.44. The molecule has 0 spiro atoms. The number of thiophene rings is 1. The Balaban J connectivity index is 2.07. The highest BCUT2D eigenvalue weighted by molar-refractivity contribution is 7.71. The molecule has 0 aromatic carbocycles. The third-order valence-electron chi connectivity index (χ3n) is 2.52. The first-order valence-electron chi connectivity index (χ1n) is 5.74. The Morgan fingerprint density at radius 2 is 2.42 bits per heavy atom. The number of rotatable bonds is 4. The number of carbonyl (C=O) groups excluding carboxylic acids is 1. The van der Waals surface area contributed by atoms with Crippen LogP contribution in [0.4, 0.5) is 4.79 Å². The molecule has 0 atom stereocenters. The van der Waals surface area contributed by atoms with E-state index in [4.69, 9.17) is 12.2 Å². The van der Waals surface area contributed by atoms with Crippen LogP contribution in [0.15, 0.2) is 17.5 Å². The molecule has 0 saturated heterocycles. The zero-order chi connectivity index (χ0) is 13.8. The predicted molar refractivity (Wildman–Crippen MR) is 77.8 cm³/mol. The van der Waals surface area contributed by atoms with Crippen molar-refractivity contribution in [2.75, 3.05) is 20.6 Å². The van der Waals surface area contributed by atoms with Gasteiger partial charge in [0.2, 0.25) is 0 Å². The minimum atomic E-state index is -0.118. The number of hydrogen-bond acceptors (Lipinski definition) is 4. The summed E-state index contributed by atoms with van der Waals surface area (Å²) in [6.45, 7) is 1.09. The SMILES string of the molecule is CN(C)C(=O)NCCn1c(-c2cccs2)n[nH]c1=S. The summed E-state index contributed by atoms with van der Waals surface area (Å²) in [5, 5.41) is 11.8. The highest BCUT2D eigenvalue weighted by atomic mass is 32.1. The number of nitrogens with zero attached hydrogens (tertiary/aromatic N) is 3. The largest absolute Gasteiger partial charge is 0.336 e. The van der Waals surface area contributed by atoms with Crippen LogP contribution in [0.25, 0.3) is 10.7 Å². The molecule has 0 saturated carbocycles. The van der Waals surface area contributed by atoms with E-state index in [1.54, 1.807) is 25.4 Å². The first-order chi connectivity index (χ1) is 9.09. The number of carbonyl (C=O) groups is 1. The highest BCUT2D eigenvalue weighted by Gasteiger charge is 2.10. The lowest BCUT2D eigenvalue weighted by atomic mass is 10.4. The van der Waals surface area contributed by atoms with Gasteiger partial charge in [-0.05, 0) is 23.7 Å². The van der Waals surface area contributed by atoms with Crippen LogP contribution in [0.1, 0.15) is 0 Å². The second kappa shape index (κ2) is 5.98. The van der Waals surface area contributed by atoms with Crippen LogP contribution in [0, 0.1) is 4.77 Å². The van der Waals surface area contributed by atoms with Crippen LogP contribution in [0.5, 0.6) is 0 Å². The van der Waals surface area contributed by atoms with Gasteiger partial charge in [-0.1, -0.05) is 6.07 Å². The fourth-order valence-electron chi connectivity index (χ4n) is 1.55. The van der Waals surface area contributed by atoms with E-state index in [2.05, 4.69) is 15.5 Å². The number of hydrogen-bond donors (Lipinski definition) is 2. The Kier molecular flexibility index (Phi) is 4.33. The zero-order valence-electron chi connectivity index (χ0n) is 10.7. The monoisotopic (exact) mass is 297 g/mol. The molecule has 0 unspecified atom stereocenters. The van der Waals surface area contributed by atoms with Gasteiger partial charge in [-0.3, -0.25) is 9.67 Å². The highest BCUT2D eigenvalue weighted by Crippen LogP contribution is 2.22. The molecule has 0 aliphatic carbocycles. The van der Waals surface area contributed by atoms with Crippen molar-refractivity contribution in [3.8, 4) is 10.7 Å². The average molecular weight is 297 g/mol. The van der Waals surface area contributed by atoms with E-state index in [9.17, 15) is 4.79 Å². The molecular weight excluding hydrogens is 282 g/mol. The molecule has 8 heteroatoms. The van der Waals surface area contributed by atoms with E-state index in [0.717, 1.165) is 10.7 Å². The van der Waals surface area contributed by atoms with Crippen LogP contribution in [-0.4, -0.2) is 46.3 Å². The minimum absolute atomic E-state index is 0.118. The van der Waals surface area contributed by atoms with Gasteiger partial charge in [0.05, 0.1) is 4.88 Å². The van der Waals surface area contributed by atoms with Crippen molar-refractivity contribution in [3.63, 3.8) is 0 Å². The molecule has 102 valence electrons. The summed E-state index contributed by atoms with van der Waals surface area (Å²) in [6, 6.07) is 3.84. The number of amides is 2. The molecule has 2 N–H and O–H groups in total. The molecule has 0 aliphatic rings. The van der Waals surface area contributed by atoms with Crippen LogP contribution >= 0.6 is 23.6 Å². The van der Waals surface area contributed by atoms with E-state index in [1.807, 2.05) is 22.1 Å². The lowest BCUT2D eigenvalue weighted by Gasteiger charge is -2.12. The van der Waals surface area contributed by atoms with Gasteiger partial charge in [-0.2, -0.15) is 5.10 Å². The van der Waals surface area contributed by atoms with Crippen molar-refractivity contribution < 1.29 is 4.79 Å². The van der Waals surface area contributed by atoms with Crippen molar-refractivity contribution >= 4 is 29.6 Å². The number of H-pyrrole nitrogens is 1. The Bertz CT molecular complexity index is 599. The maximum absolute atomic E-state index is 11.4. The van der Waals surface area contributed by atoms with Gasteiger partial charge in [0, 0.05) is 27.2 Å².